The van der Waals surface area contributed by atoms with Crippen molar-refractivity contribution in [2.45, 2.75) is 13.1 Å². The second-order valence-corrected chi connectivity index (χ2v) is 9.11. The van der Waals surface area contributed by atoms with Gasteiger partial charge in [0.05, 0.1) is 22.0 Å². The first-order valence-corrected chi connectivity index (χ1v) is 11.9. The average molecular weight is 536 g/mol. The highest BCUT2D eigenvalue weighted by Crippen LogP contribution is 2.42. The minimum Gasteiger partial charge on any atom is -0.494 e. The second kappa shape index (κ2) is 10.3. The van der Waals surface area contributed by atoms with E-state index < -0.39 is 22.6 Å². The predicted octanol–water partition coefficient (Wildman–Crippen LogP) is 7.24. The number of hydrogen-bond acceptors (Lipinski definition) is 8. The van der Waals surface area contributed by atoms with Gasteiger partial charge in [-0.05, 0) is 61.5 Å². The minimum absolute atomic E-state index is 0.115. The highest BCUT2D eigenvalue weighted by molar-refractivity contribution is 7.19. The lowest BCUT2D eigenvalue weighted by molar-refractivity contribution is -0.380. The monoisotopic (exact) mass is 535 g/mol. The highest BCUT2D eigenvalue weighted by Gasteiger charge is 2.30. The first-order chi connectivity index (χ1) is 17.1. The van der Waals surface area contributed by atoms with Gasteiger partial charge in [0.2, 0.25) is 5.06 Å². The summed E-state index contributed by atoms with van der Waals surface area (Å²) in [6.07, 6.45) is -4.48. The summed E-state index contributed by atoms with van der Waals surface area (Å²) in [5, 5.41) is 13.7. The summed E-state index contributed by atoms with van der Waals surface area (Å²) in [6.45, 7) is 2.33. The van der Waals surface area contributed by atoms with E-state index in [1.165, 1.54) is 24.3 Å². The van der Waals surface area contributed by atoms with E-state index in [0.717, 1.165) is 23.5 Å². The molecule has 36 heavy (non-hydrogen) atoms. The van der Waals surface area contributed by atoms with E-state index in [-0.39, 0.29) is 25.8 Å². The molecule has 2 aromatic heterocycles. The number of alkyl halides is 3. The summed E-state index contributed by atoms with van der Waals surface area (Å²) in [5.41, 5.74) is 0.142. The lowest BCUT2D eigenvalue weighted by atomic mass is 10.1. The van der Waals surface area contributed by atoms with Crippen molar-refractivity contribution in [1.29, 1.82) is 0 Å². The number of thiazole rings is 1. The number of amides is 1. The number of nitrogens with one attached hydrogen (secondary N) is 1. The van der Waals surface area contributed by atoms with Crippen LogP contribution in [0.2, 0.25) is 0 Å². The summed E-state index contributed by atoms with van der Waals surface area (Å²) < 4.78 is 50.0. The molecule has 0 aliphatic rings. The molecule has 13 heteroatoms. The van der Waals surface area contributed by atoms with Crippen LogP contribution >= 0.6 is 22.7 Å². The molecule has 2 aromatic carbocycles. The normalized spacial score (nSPS) is 11.2. The molecule has 0 saturated heterocycles. The number of ether oxygens (including phenoxy) is 2. The zero-order chi connectivity index (χ0) is 25.9. The Balaban J connectivity index is 1.63. The van der Waals surface area contributed by atoms with Crippen molar-refractivity contribution in [3.63, 3.8) is 0 Å². The van der Waals surface area contributed by atoms with Gasteiger partial charge in [-0.3, -0.25) is 20.2 Å². The molecule has 0 saturated carbocycles. The van der Waals surface area contributed by atoms with Crippen molar-refractivity contribution in [3.8, 4) is 27.8 Å². The van der Waals surface area contributed by atoms with Crippen molar-refractivity contribution in [1.82, 2.24) is 4.98 Å². The summed E-state index contributed by atoms with van der Waals surface area (Å²) in [4.78, 5) is 27.4. The number of halogens is 3. The van der Waals surface area contributed by atoms with Gasteiger partial charge in [0.15, 0.2) is 5.13 Å². The van der Waals surface area contributed by atoms with Crippen LogP contribution in [0.3, 0.4) is 0 Å². The van der Waals surface area contributed by atoms with Crippen LogP contribution in [0.5, 0.6) is 16.6 Å². The molecule has 0 radical (unpaired) electrons. The van der Waals surface area contributed by atoms with Gasteiger partial charge in [-0.1, -0.05) is 22.7 Å². The van der Waals surface area contributed by atoms with Gasteiger partial charge in [-0.25, -0.2) is 4.98 Å². The van der Waals surface area contributed by atoms with Gasteiger partial charge in [0, 0.05) is 11.6 Å². The maximum absolute atomic E-state index is 12.9. The van der Waals surface area contributed by atoms with Gasteiger partial charge >= 0.3 is 11.2 Å². The number of thiophene rings is 1. The van der Waals surface area contributed by atoms with E-state index in [9.17, 15) is 28.1 Å². The lowest BCUT2D eigenvalue weighted by Crippen LogP contribution is -2.09. The van der Waals surface area contributed by atoms with Crippen LogP contribution in [-0.2, 0) is 6.18 Å². The number of nitro groups is 1. The lowest BCUT2D eigenvalue weighted by Gasteiger charge is -2.09. The molecule has 0 fully saturated rings. The minimum atomic E-state index is -4.48. The zero-order valence-electron chi connectivity index (χ0n) is 18.4. The Morgan fingerprint density at radius 1 is 1.03 bits per heavy atom. The van der Waals surface area contributed by atoms with E-state index in [1.807, 2.05) is 6.92 Å². The number of rotatable bonds is 8. The van der Waals surface area contributed by atoms with Crippen molar-refractivity contribution in [3.05, 3.63) is 81.2 Å². The first-order valence-electron chi connectivity index (χ1n) is 10.3. The third-order valence-electron chi connectivity index (χ3n) is 4.64. The predicted molar refractivity (Wildman–Crippen MR) is 129 cm³/mol. The Bertz CT molecular complexity index is 1380. The van der Waals surface area contributed by atoms with Crippen LogP contribution in [0.1, 0.15) is 22.2 Å². The Morgan fingerprint density at radius 3 is 2.28 bits per heavy atom. The summed E-state index contributed by atoms with van der Waals surface area (Å²) >= 11 is 1.68. The fourth-order valence-electron chi connectivity index (χ4n) is 3.01. The molecule has 0 spiro atoms. The third-order valence-corrected chi connectivity index (χ3v) is 6.53. The molecule has 0 atom stereocenters. The maximum atomic E-state index is 12.9. The first kappa shape index (κ1) is 25.1. The molecule has 0 aliphatic carbocycles. The Hall–Kier alpha value is -3.97. The Kier molecular flexibility index (Phi) is 7.22. The molecule has 2 heterocycles. The molecule has 4 rings (SSSR count). The molecule has 4 aromatic rings. The largest absolute Gasteiger partial charge is 0.494 e. The van der Waals surface area contributed by atoms with Gasteiger partial charge in [0.1, 0.15) is 17.2 Å². The van der Waals surface area contributed by atoms with Gasteiger partial charge in [0.25, 0.3) is 5.91 Å². The summed E-state index contributed by atoms with van der Waals surface area (Å²) in [6, 6.07) is 13.7. The van der Waals surface area contributed by atoms with Gasteiger partial charge in [-0.2, -0.15) is 13.2 Å². The van der Waals surface area contributed by atoms with E-state index in [1.54, 1.807) is 24.3 Å². The molecule has 8 nitrogen and oxygen atoms in total. The standard InChI is InChI=1S/C23H16F3N3O5S2/c1-2-33-15-7-3-13(4-8-15)19-21(34-16-9-5-14(6-10-16)23(24,25)26)36-22(27-19)28-20(30)17-11-12-18(35-17)29(31)32/h3-12H,2H2,1H3,(H,27,28,30). The highest BCUT2D eigenvalue weighted by atomic mass is 32.1. The van der Waals surface area contributed by atoms with Crippen molar-refractivity contribution >= 4 is 38.7 Å². The molecule has 0 bridgehead atoms. The number of hydrogen-bond donors (Lipinski definition) is 1. The van der Waals surface area contributed by atoms with E-state index >= 15 is 0 Å². The number of aromatic nitrogens is 1. The average Bonchev–Trinajstić information content (AvgIpc) is 3.48. The van der Waals surface area contributed by atoms with Crippen LogP contribution in [0.25, 0.3) is 11.3 Å². The summed E-state index contributed by atoms with van der Waals surface area (Å²) in [7, 11) is 0. The topological polar surface area (TPSA) is 104 Å². The van der Waals surface area contributed by atoms with E-state index in [0.29, 0.717) is 35.0 Å². The molecular formula is C23H16F3N3O5S2. The second-order valence-electron chi connectivity index (χ2n) is 7.09. The smallest absolute Gasteiger partial charge is 0.416 e. The van der Waals surface area contributed by atoms with Crippen LogP contribution in [0.15, 0.2) is 60.7 Å². The Morgan fingerprint density at radius 2 is 1.69 bits per heavy atom. The van der Waals surface area contributed by atoms with E-state index in [2.05, 4.69) is 10.3 Å². The number of carbonyl (C=O) groups is 1. The van der Waals surface area contributed by atoms with Crippen molar-refractivity contribution < 1.29 is 32.4 Å². The number of carbonyl (C=O) groups excluding carboxylic acids is 1. The fraction of sp³-hybridized carbons (Fsp3) is 0.130. The number of benzene rings is 2. The summed E-state index contributed by atoms with van der Waals surface area (Å²) in [5.74, 6) is 0.182. The fourth-order valence-corrected chi connectivity index (χ4v) is 4.58. The molecular weight excluding hydrogens is 519 g/mol. The number of anilines is 1. The van der Waals surface area contributed by atoms with Gasteiger partial charge in [-0.15, -0.1) is 0 Å². The SMILES string of the molecule is CCOc1ccc(-c2nc(NC(=O)c3ccc([N+](=O)[O-])s3)sc2Oc2ccc(C(F)(F)F)cc2)cc1. The quantitative estimate of drug-likeness (QED) is 0.188. The molecule has 1 N–H and O–H groups in total. The van der Waals surface area contributed by atoms with Crippen LogP contribution < -0.4 is 14.8 Å². The van der Waals surface area contributed by atoms with Crippen molar-refractivity contribution in [2.24, 2.45) is 0 Å². The maximum Gasteiger partial charge on any atom is 0.416 e. The van der Waals surface area contributed by atoms with Crippen LogP contribution in [-0.4, -0.2) is 22.4 Å². The third kappa shape index (κ3) is 5.80. The van der Waals surface area contributed by atoms with Crippen LogP contribution in [0.4, 0.5) is 23.3 Å². The number of nitrogens with zero attached hydrogens (tertiary/aromatic N) is 2. The molecule has 186 valence electrons. The Labute approximate surface area is 210 Å². The van der Waals surface area contributed by atoms with Gasteiger partial charge < -0.3 is 9.47 Å². The van der Waals surface area contributed by atoms with Crippen molar-refractivity contribution in [2.75, 3.05) is 11.9 Å². The van der Waals surface area contributed by atoms with Crippen LogP contribution in [0, 0.1) is 10.1 Å². The molecule has 0 unspecified atom stereocenters. The molecule has 0 aliphatic heterocycles. The molecule has 1 amide bonds. The van der Waals surface area contributed by atoms with E-state index in [4.69, 9.17) is 9.47 Å². The zero-order valence-corrected chi connectivity index (χ0v) is 20.0.